The molecule has 2 aromatic carbocycles. The maximum atomic E-state index is 12.0. The molecule has 0 aliphatic carbocycles. The van der Waals surface area contributed by atoms with Crippen molar-refractivity contribution in [3.63, 3.8) is 0 Å². The minimum atomic E-state index is -0.642. The molecule has 1 atom stereocenters. The topological polar surface area (TPSA) is 77.8 Å². The largest absolute Gasteiger partial charge is 0.482 e. The fourth-order valence-corrected chi connectivity index (χ4v) is 2.56. The first-order valence-electron chi connectivity index (χ1n) is 8.33. The minimum Gasteiger partial charge on any atom is -0.482 e. The normalized spacial score (nSPS) is 11.8. The summed E-state index contributed by atoms with van der Waals surface area (Å²) in [5, 5.41) is 4.25. The van der Waals surface area contributed by atoms with Crippen LogP contribution in [-0.2, 0) is 14.3 Å². The number of halogens is 1. The van der Waals surface area contributed by atoms with Gasteiger partial charge >= 0.3 is 5.97 Å². The lowest BCUT2D eigenvalue weighted by Gasteiger charge is -2.12. The van der Waals surface area contributed by atoms with Crippen LogP contribution in [0.15, 0.2) is 59.0 Å². The molecule has 0 radical (unpaired) electrons. The number of rotatable bonds is 7. The van der Waals surface area contributed by atoms with Crippen LogP contribution in [0.2, 0.25) is 5.02 Å². The molecule has 1 heterocycles. The first-order chi connectivity index (χ1) is 13.0. The molecule has 0 aliphatic rings. The molecule has 7 heteroatoms. The molecule has 3 rings (SSSR count). The highest BCUT2D eigenvalue weighted by molar-refractivity contribution is 6.30. The summed E-state index contributed by atoms with van der Waals surface area (Å²) in [6.07, 6.45) is 0. The van der Waals surface area contributed by atoms with Crippen LogP contribution in [0.1, 0.15) is 18.7 Å². The Bertz CT molecular complexity index is 902. The zero-order valence-electron chi connectivity index (χ0n) is 14.6. The van der Waals surface area contributed by atoms with Gasteiger partial charge in [0, 0.05) is 10.4 Å². The number of carbonyl (C=O) groups is 2. The second-order valence-electron chi connectivity index (χ2n) is 5.88. The van der Waals surface area contributed by atoms with E-state index in [1.165, 1.54) is 0 Å². The van der Waals surface area contributed by atoms with Crippen LogP contribution in [0.25, 0.3) is 11.0 Å². The first kappa shape index (κ1) is 18.8. The molecule has 27 heavy (non-hydrogen) atoms. The van der Waals surface area contributed by atoms with Crippen LogP contribution in [0.5, 0.6) is 5.75 Å². The summed E-state index contributed by atoms with van der Waals surface area (Å²) < 4.78 is 15.9. The van der Waals surface area contributed by atoms with Crippen LogP contribution in [0.4, 0.5) is 0 Å². The monoisotopic (exact) mass is 387 g/mol. The van der Waals surface area contributed by atoms with Crippen molar-refractivity contribution < 1.29 is 23.5 Å². The Hall–Kier alpha value is -2.99. The Balaban J connectivity index is 1.43. The van der Waals surface area contributed by atoms with Gasteiger partial charge in [0.15, 0.2) is 13.2 Å². The van der Waals surface area contributed by atoms with Gasteiger partial charge in [0.05, 0.1) is 6.04 Å². The smallest absolute Gasteiger partial charge is 0.344 e. The number of nitrogens with one attached hydrogen (secondary N) is 1. The van der Waals surface area contributed by atoms with E-state index in [1.807, 2.05) is 30.3 Å². The lowest BCUT2D eigenvalue weighted by Crippen LogP contribution is -2.31. The summed E-state index contributed by atoms with van der Waals surface area (Å²) in [5.74, 6) is 0.0422. The zero-order chi connectivity index (χ0) is 19.2. The number of para-hydroxylation sites is 1. The van der Waals surface area contributed by atoms with Crippen molar-refractivity contribution in [2.24, 2.45) is 0 Å². The van der Waals surface area contributed by atoms with Gasteiger partial charge in [0.1, 0.15) is 17.1 Å². The van der Waals surface area contributed by atoms with Crippen molar-refractivity contribution in [2.75, 3.05) is 13.2 Å². The summed E-state index contributed by atoms with van der Waals surface area (Å²) in [4.78, 5) is 23.7. The summed E-state index contributed by atoms with van der Waals surface area (Å²) >= 11 is 5.77. The summed E-state index contributed by atoms with van der Waals surface area (Å²) in [7, 11) is 0. The molecule has 1 amide bonds. The maximum Gasteiger partial charge on any atom is 0.344 e. The molecular weight excluding hydrogens is 370 g/mol. The standard InChI is InChI=1S/C20H18ClNO5/c1-13(18-10-14-4-2-3-5-17(14)27-18)22-19(23)11-26-20(24)12-25-16-8-6-15(21)7-9-16/h2-10,13H,11-12H2,1H3,(H,22,23)/t13-/m1/s1. The van der Waals surface area contributed by atoms with Gasteiger partial charge in [-0.3, -0.25) is 4.79 Å². The highest BCUT2D eigenvalue weighted by atomic mass is 35.5. The Labute approximate surface area is 161 Å². The van der Waals surface area contributed by atoms with Crippen molar-refractivity contribution in [1.29, 1.82) is 0 Å². The van der Waals surface area contributed by atoms with Crippen LogP contribution in [-0.4, -0.2) is 25.1 Å². The van der Waals surface area contributed by atoms with E-state index in [0.717, 1.165) is 11.0 Å². The van der Waals surface area contributed by atoms with E-state index in [2.05, 4.69) is 5.32 Å². The molecule has 0 bridgehead atoms. The average Bonchev–Trinajstić information content (AvgIpc) is 3.10. The molecule has 3 aromatic rings. The molecule has 0 saturated heterocycles. The van der Waals surface area contributed by atoms with Gasteiger partial charge in [-0.05, 0) is 43.3 Å². The van der Waals surface area contributed by atoms with Gasteiger partial charge in [0.2, 0.25) is 0 Å². The van der Waals surface area contributed by atoms with Crippen molar-refractivity contribution >= 4 is 34.4 Å². The van der Waals surface area contributed by atoms with E-state index in [4.69, 9.17) is 25.5 Å². The first-order valence-corrected chi connectivity index (χ1v) is 8.71. The average molecular weight is 388 g/mol. The predicted molar refractivity (Wildman–Crippen MR) is 101 cm³/mol. The number of amides is 1. The van der Waals surface area contributed by atoms with Gasteiger partial charge in [0.25, 0.3) is 5.91 Å². The fourth-order valence-electron chi connectivity index (χ4n) is 2.43. The summed E-state index contributed by atoms with van der Waals surface area (Å²) in [6, 6.07) is 15.7. The molecule has 140 valence electrons. The van der Waals surface area contributed by atoms with Gasteiger partial charge in [-0.1, -0.05) is 29.8 Å². The Morgan fingerprint density at radius 1 is 1.11 bits per heavy atom. The third kappa shape index (κ3) is 5.24. The zero-order valence-corrected chi connectivity index (χ0v) is 15.4. The SMILES string of the molecule is C[C@@H](NC(=O)COC(=O)COc1ccc(Cl)cc1)c1cc2ccccc2o1. The van der Waals surface area contributed by atoms with Crippen LogP contribution >= 0.6 is 11.6 Å². The molecule has 1 N–H and O–H groups in total. The lowest BCUT2D eigenvalue weighted by atomic mass is 10.2. The third-order valence-electron chi connectivity index (χ3n) is 3.78. The lowest BCUT2D eigenvalue weighted by molar-refractivity contribution is -0.150. The summed E-state index contributed by atoms with van der Waals surface area (Å²) in [5.41, 5.74) is 0.749. The van der Waals surface area contributed by atoms with E-state index < -0.39 is 18.5 Å². The Kier molecular flexibility index (Phi) is 5.98. The van der Waals surface area contributed by atoms with Crippen molar-refractivity contribution in [2.45, 2.75) is 13.0 Å². The molecule has 0 fully saturated rings. The second-order valence-corrected chi connectivity index (χ2v) is 6.32. The van der Waals surface area contributed by atoms with Crippen LogP contribution in [0, 0.1) is 0 Å². The van der Waals surface area contributed by atoms with Crippen molar-refractivity contribution in [3.8, 4) is 5.75 Å². The van der Waals surface area contributed by atoms with Gasteiger partial charge in [-0.15, -0.1) is 0 Å². The van der Waals surface area contributed by atoms with Crippen molar-refractivity contribution in [1.82, 2.24) is 5.32 Å². The van der Waals surface area contributed by atoms with Gasteiger partial charge in [-0.25, -0.2) is 4.79 Å². The fraction of sp³-hybridized carbons (Fsp3) is 0.200. The molecule has 0 unspecified atom stereocenters. The molecule has 6 nitrogen and oxygen atoms in total. The number of fused-ring (bicyclic) bond motifs is 1. The number of esters is 1. The number of hydrogen-bond donors (Lipinski definition) is 1. The number of carbonyl (C=O) groups excluding carboxylic acids is 2. The Morgan fingerprint density at radius 3 is 2.59 bits per heavy atom. The van der Waals surface area contributed by atoms with Crippen LogP contribution < -0.4 is 10.1 Å². The molecule has 0 aliphatic heterocycles. The summed E-state index contributed by atoms with van der Waals surface area (Å²) in [6.45, 7) is 1.10. The quantitative estimate of drug-likeness (QED) is 0.622. The number of hydrogen-bond acceptors (Lipinski definition) is 5. The molecular formula is C20H18ClNO5. The van der Waals surface area contributed by atoms with Crippen molar-refractivity contribution in [3.05, 3.63) is 65.4 Å². The van der Waals surface area contributed by atoms with Crippen LogP contribution in [0.3, 0.4) is 0 Å². The third-order valence-corrected chi connectivity index (χ3v) is 4.04. The number of ether oxygens (including phenoxy) is 2. The van der Waals surface area contributed by atoms with E-state index in [-0.39, 0.29) is 12.6 Å². The van der Waals surface area contributed by atoms with Gasteiger partial charge < -0.3 is 19.2 Å². The Morgan fingerprint density at radius 2 is 1.85 bits per heavy atom. The van der Waals surface area contributed by atoms with E-state index in [0.29, 0.717) is 16.5 Å². The number of benzene rings is 2. The number of furan rings is 1. The van der Waals surface area contributed by atoms with E-state index >= 15 is 0 Å². The van der Waals surface area contributed by atoms with E-state index in [9.17, 15) is 9.59 Å². The highest BCUT2D eigenvalue weighted by Crippen LogP contribution is 2.23. The maximum absolute atomic E-state index is 12.0. The van der Waals surface area contributed by atoms with E-state index in [1.54, 1.807) is 31.2 Å². The highest BCUT2D eigenvalue weighted by Gasteiger charge is 2.15. The molecule has 0 saturated carbocycles. The minimum absolute atomic E-state index is 0.298. The van der Waals surface area contributed by atoms with Gasteiger partial charge in [-0.2, -0.15) is 0 Å². The predicted octanol–water partition coefficient (Wildman–Crippen LogP) is 3.89. The molecule has 0 spiro atoms. The second kappa shape index (κ2) is 8.60. The molecule has 1 aromatic heterocycles.